The number of ether oxygens (including phenoxy) is 1. The molecule has 0 atom stereocenters. The van der Waals surface area contributed by atoms with E-state index in [9.17, 15) is 4.79 Å². The van der Waals surface area contributed by atoms with Crippen LogP contribution in [0, 0.1) is 0 Å². The van der Waals surface area contributed by atoms with E-state index >= 15 is 0 Å². The fourth-order valence-corrected chi connectivity index (χ4v) is 0.893. The van der Waals surface area contributed by atoms with E-state index in [0.717, 1.165) is 0 Å². The highest BCUT2D eigenvalue weighted by molar-refractivity contribution is 6.32. The topological polar surface area (TPSA) is 66.8 Å². The molecule has 0 aromatic heterocycles. The molecule has 0 heterocycles. The third-order valence-corrected chi connectivity index (χ3v) is 1.58. The molecule has 0 amide bonds. The van der Waals surface area contributed by atoms with Gasteiger partial charge in [0.1, 0.15) is 11.5 Å². The van der Waals surface area contributed by atoms with Gasteiger partial charge in [-0.3, -0.25) is 0 Å². The molecule has 1 aromatic rings. The lowest BCUT2D eigenvalue weighted by Crippen LogP contribution is -2.09. The zero-order chi connectivity index (χ0) is 9.84. The van der Waals surface area contributed by atoms with E-state index in [1.807, 2.05) is 0 Å². The number of hydrogen-bond donors (Lipinski definition) is 2. The molecule has 1 aromatic carbocycles. The van der Waals surface area contributed by atoms with Gasteiger partial charge in [-0.05, 0) is 12.1 Å². The maximum absolute atomic E-state index is 10.1. The monoisotopic (exact) mass is 202 g/mol. The summed E-state index contributed by atoms with van der Waals surface area (Å²) >= 11 is 5.55. The first-order valence-electron chi connectivity index (χ1n) is 3.42. The fraction of sp³-hybridized carbons (Fsp3) is 0.125. The van der Waals surface area contributed by atoms with Crippen molar-refractivity contribution in [1.29, 1.82) is 0 Å². The number of benzene rings is 1. The standard InChI is InChI=1S/C8H7ClO4/c9-6-3-5(1-2-7(6)10)13-4-8(11)12/h1-3,10H,4H2,(H,11,12). The third-order valence-electron chi connectivity index (χ3n) is 1.28. The van der Waals surface area contributed by atoms with E-state index in [0.29, 0.717) is 5.75 Å². The summed E-state index contributed by atoms with van der Waals surface area (Å²) < 4.78 is 4.81. The minimum Gasteiger partial charge on any atom is -0.506 e. The summed E-state index contributed by atoms with van der Waals surface area (Å²) in [6, 6.07) is 4.11. The van der Waals surface area contributed by atoms with Gasteiger partial charge in [0.15, 0.2) is 6.61 Å². The minimum atomic E-state index is -1.07. The predicted octanol–water partition coefficient (Wildman–Crippen LogP) is 1.51. The van der Waals surface area contributed by atoms with Crippen LogP contribution >= 0.6 is 11.6 Å². The van der Waals surface area contributed by atoms with Crippen molar-refractivity contribution >= 4 is 17.6 Å². The maximum atomic E-state index is 10.1. The summed E-state index contributed by atoms with van der Waals surface area (Å²) in [6.45, 7) is -0.429. The van der Waals surface area contributed by atoms with Gasteiger partial charge in [0.25, 0.3) is 0 Å². The van der Waals surface area contributed by atoms with Gasteiger partial charge in [-0.15, -0.1) is 0 Å². The molecule has 0 saturated heterocycles. The van der Waals surface area contributed by atoms with Crippen LogP contribution in [0.1, 0.15) is 0 Å². The molecule has 2 N–H and O–H groups in total. The van der Waals surface area contributed by atoms with Crippen molar-refractivity contribution < 1.29 is 19.7 Å². The Morgan fingerprint density at radius 1 is 1.54 bits per heavy atom. The van der Waals surface area contributed by atoms with Crippen molar-refractivity contribution in [3.8, 4) is 11.5 Å². The summed E-state index contributed by atoms with van der Waals surface area (Å²) in [5.41, 5.74) is 0. The van der Waals surface area contributed by atoms with E-state index in [2.05, 4.69) is 0 Å². The van der Waals surface area contributed by atoms with Gasteiger partial charge < -0.3 is 14.9 Å². The van der Waals surface area contributed by atoms with Crippen LogP contribution in [-0.4, -0.2) is 22.8 Å². The van der Waals surface area contributed by atoms with Gasteiger partial charge >= 0.3 is 5.97 Å². The molecule has 0 aliphatic carbocycles. The van der Waals surface area contributed by atoms with Crippen LogP contribution < -0.4 is 4.74 Å². The molecule has 0 spiro atoms. The molecule has 0 aliphatic rings. The number of aromatic hydroxyl groups is 1. The second-order valence-electron chi connectivity index (χ2n) is 2.30. The van der Waals surface area contributed by atoms with Crippen LogP contribution in [-0.2, 0) is 4.79 Å². The van der Waals surface area contributed by atoms with Crippen LogP contribution in [0.2, 0.25) is 5.02 Å². The first kappa shape index (κ1) is 9.67. The molecule has 0 unspecified atom stereocenters. The summed E-state index contributed by atoms with van der Waals surface area (Å²) in [5, 5.41) is 17.4. The van der Waals surface area contributed by atoms with E-state index in [4.69, 9.17) is 26.6 Å². The highest BCUT2D eigenvalue weighted by Crippen LogP contribution is 2.27. The summed E-state index contributed by atoms with van der Waals surface area (Å²) in [7, 11) is 0. The molecule has 0 fully saturated rings. The van der Waals surface area contributed by atoms with Crippen LogP contribution in [0.4, 0.5) is 0 Å². The van der Waals surface area contributed by atoms with E-state index in [1.54, 1.807) is 0 Å². The Labute approximate surface area is 79.3 Å². The number of carbonyl (C=O) groups is 1. The number of phenolic OH excluding ortho intramolecular Hbond substituents is 1. The lowest BCUT2D eigenvalue weighted by atomic mass is 10.3. The summed E-state index contributed by atoms with van der Waals surface area (Å²) in [5.74, 6) is -0.821. The van der Waals surface area contributed by atoms with Gasteiger partial charge in [0, 0.05) is 6.07 Å². The Kier molecular flexibility index (Phi) is 2.97. The average molecular weight is 203 g/mol. The zero-order valence-electron chi connectivity index (χ0n) is 6.53. The first-order chi connectivity index (χ1) is 6.09. The molecule has 13 heavy (non-hydrogen) atoms. The number of carboxylic acid groups (broad SMARTS) is 1. The molecule has 0 radical (unpaired) electrons. The number of rotatable bonds is 3. The minimum absolute atomic E-state index is 0.0654. The quantitative estimate of drug-likeness (QED) is 0.780. The van der Waals surface area contributed by atoms with Crippen molar-refractivity contribution in [3.05, 3.63) is 23.2 Å². The maximum Gasteiger partial charge on any atom is 0.341 e. The molecule has 5 heteroatoms. The van der Waals surface area contributed by atoms with Crippen LogP contribution in [0.15, 0.2) is 18.2 Å². The number of carboxylic acids is 1. The van der Waals surface area contributed by atoms with Gasteiger partial charge in [0.2, 0.25) is 0 Å². The number of hydrogen-bond acceptors (Lipinski definition) is 3. The van der Waals surface area contributed by atoms with Crippen molar-refractivity contribution in [2.45, 2.75) is 0 Å². The summed E-state index contributed by atoms with van der Waals surface area (Å²) in [4.78, 5) is 10.1. The predicted molar refractivity (Wildman–Crippen MR) is 46.2 cm³/mol. The number of halogens is 1. The highest BCUT2D eigenvalue weighted by atomic mass is 35.5. The molecule has 4 nitrogen and oxygen atoms in total. The number of phenols is 1. The molecule has 0 bridgehead atoms. The molecule has 70 valence electrons. The van der Waals surface area contributed by atoms with Crippen molar-refractivity contribution in [2.75, 3.05) is 6.61 Å². The van der Waals surface area contributed by atoms with Crippen molar-refractivity contribution in [1.82, 2.24) is 0 Å². The van der Waals surface area contributed by atoms with E-state index in [1.165, 1.54) is 18.2 Å². The molecule has 0 aliphatic heterocycles. The normalized spacial score (nSPS) is 9.62. The largest absolute Gasteiger partial charge is 0.506 e. The third kappa shape index (κ3) is 2.83. The Morgan fingerprint density at radius 2 is 2.23 bits per heavy atom. The van der Waals surface area contributed by atoms with Crippen LogP contribution in [0.25, 0.3) is 0 Å². The first-order valence-corrected chi connectivity index (χ1v) is 3.80. The second kappa shape index (κ2) is 4.00. The molecule has 1 rings (SSSR count). The Bertz CT molecular complexity index is 324. The zero-order valence-corrected chi connectivity index (χ0v) is 7.28. The Balaban J connectivity index is 2.68. The van der Waals surface area contributed by atoms with Gasteiger partial charge in [0.05, 0.1) is 5.02 Å². The van der Waals surface area contributed by atoms with Gasteiger partial charge in [-0.25, -0.2) is 4.79 Å². The van der Waals surface area contributed by atoms with Crippen molar-refractivity contribution in [2.24, 2.45) is 0 Å². The lowest BCUT2D eigenvalue weighted by Gasteiger charge is -2.03. The average Bonchev–Trinajstić information content (AvgIpc) is 2.07. The number of aliphatic carboxylic acids is 1. The lowest BCUT2D eigenvalue weighted by molar-refractivity contribution is -0.139. The molecular weight excluding hydrogens is 196 g/mol. The van der Waals surface area contributed by atoms with E-state index < -0.39 is 12.6 Å². The van der Waals surface area contributed by atoms with Crippen LogP contribution in [0.5, 0.6) is 11.5 Å². The van der Waals surface area contributed by atoms with Crippen molar-refractivity contribution in [3.63, 3.8) is 0 Å². The summed E-state index contributed by atoms with van der Waals surface area (Å²) in [6.07, 6.45) is 0. The molecular formula is C8H7ClO4. The molecule has 0 saturated carbocycles. The Hall–Kier alpha value is -1.42. The van der Waals surface area contributed by atoms with Gasteiger partial charge in [-0.2, -0.15) is 0 Å². The fourth-order valence-electron chi connectivity index (χ4n) is 0.722. The highest BCUT2D eigenvalue weighted by Gasteiger charge is 2.02. The van der Waals surface area contributed by atoms with E-state index in [-0.39, 0.29) is 10.8 Å². The second-order valence-corrected chi connectivity index (χ2v) is 2.70. The smallest absolute Gasteiger partial charge is 0.341 e. The van der Waals surface area contributed by atoms with Crippen LogP contribution in [0.3, 0.4) is 0 Å². The Morgan fingerprint density at radius 3 is 2.77 bits per heavy atom. The SMILES string of the molecule is O=C(O)COc1ccc(O)c(Cl)c1. The van der Waals surface area contributed by atoms with Gasteiger partial charge in [-0.1, -0.05) is 11.6 Å².